The summed E-state index contributed by atoms with van der Waals surface area (Å²) in [6.07, 6.45) is 0. The number of anilines is 6. The van der Waals surface area contributed by atoms with Gasteiger partial charge in [-0.15, -0.1) is 0 Å². The molecule has 0 unspecified atom stereocenters. The number of hydrogen-bond donors (Lipinski definition) is 0. The van der Waals surface area contributed by atoms with Gasteiger partial charge >= 0.3 is 0 Å². The molecular formula is C64H48N2. The van der Waals surface area contributed by atoms with Crippen molar-refractivity contribution in [3.05, 3.63) is 215 Å². The Labute approximate surface area is 385 Å². The molecule has 0 N–H and O–H groups in total. The second-order valence-corrected chi connectivity index (χ2v) is 20.2. The molecule has 0 saturated carbocycles. The molecule has 0 amide bonds. The van der Waals surface area contributed by atoms with Crippen LogP contribution in [0.25, 0.3) is 75.4 Å². The third-order valence-corrected chi connectivity index (χ3v) is 15.9. The number of benzene rings is 12. The fourth-order valence-electron chi connectivity index (χ4n) is 12.6. The molecule has 0 fully saturated rings. The molecule has 0 heterocycles. The third-order valence-electron chi connectivity index (χ3n) is 15.9. The maximum atomic E-state index is 2.54. The van der Waals surface area contributed by atoms with Crippen LogP contribution in [0.3, 0.4) is 0 Å². The first kappa shape index (κ1) is 37.7. The molecule has 314 valence electrons. The van der Waals surface area contributed by atoms with Crippen LogP contribution in [0.2, 0.25) is 0 Å². The molecule has 0 radical (unpaired) electrons. The highest BCUT2D eigenvalue weighted by Gasteiger charge is 2.37. The van der Waals surface area contributed by atoms with E-state index in [0.29, 0.717) is 0 Å². The molecule has 0 atom stereocenters. The molecule has 0 aliphatic heterocycles. The highest BCUT2D eigenvalue weighted by molar-refractivity contribution is 6.28. The van der Waals surface area contributed by atoms with Gasteiger partial charge in [0, 0.05) is 44.4 Å². The SMILES string of the molecule is Cc1ccccc1N(c1cc2c3c(ccc4cccc(c43)C2(C)C)c1)c1ccc2ccc3c(N(c4cc5c6c(ccc7cccc(c76)C5(C)C)c4)c4ccccc4C)ccc4ccc1c2c43. The Balaban J connectivity index is 1.02. The van der Waals surface area contributed by atoms with Crippen LogP contribution in [0.5, 0.6) is 0 Å². The monoisotopic (exact) mass is 844 g/mol. The van der Waals surface area contributed by atoms with Gasteiger partial charge in [-0.25, -0.2) is 0 Å². The van der Waals surface area contributed by atoms with Crippen molar-refractivity contribution in [3.63, 3.8) is 0 Å². The molecule has 2 heteroatoms. The molecule has 0 aromatic heterocycles. The van der Waals surface area contributed by atoms with Crippen LogP contribution in [-0.2, 0) is 10.8 Å². The molecular weight excluding hydrogens is 797 g/mol. The lowest BCUT2D eigenvalue weighted by Crippen LogP contribution is -2.17. The van der Waals surface area contributed by atoms with E-state index in [1.54, 1.807) is 0 Å². The summed E-state index contributed by atoms with van der Waals surface area (Å²) in [6.45, 7) is 14.1. The second-order valence-electron chi connectivity index (χ2n) is 20.2. The van der Waals surface area contributed by atoms with Crippen molar-refractivity contribution in [3.8, 4) is 0 Å². The zero-order chi connectivity index (χ0) is 44.4. The van der Waals surface area contributed by atoms with Gasteiger partial charge in [0.25, 0.3) is 0 Å². The molecule has 0 bridgehead atoms. The van der Waals surface area contributed by atoms with Crippen LogP contribution in [0, 0.1) is 13.8 Å². The summed E-state index contributed by atoms with van der Waals surface area (Å²) >= 11 is 0. The molecule has 14 rings (SSSR count). The summed E-state index contributed by atoms with van der Waals surface area (Å²) < 4.78 is 0. The number of rotatable bonds is 6. The maximum absolute atomic E-state index is 2.54. The van der Waals surface area contributed by atoms with Crippen LogP contribution < -0.4 is 9.80 Å². The zero-order valence-corrected chi connectivity index (χ0v) is 38.2. The van der Waals surface area contributed by atoms with Gasteiger partial charge in [-0.05, 0) is 160 Å². The maximum Gasteiger partial charge on any atom is 0.0540 e. The predicted octanol–water partition coefficient (Wildman–Crippen LogP) is 18.0. The van der Waals surface area contributed by atoms with Crippen LogP contribution in [0.15, 0.2) is 182 Å². The molecule has 0 saturated heterocycles. The normalized spacial score (nSPS) is 14.5. The average Bonchev–Trinajstić information content (AvgIpc) is 3.71. The van der Waals surface area contributed by atoms with E-state index in [9.17, 15) is 0 Å². The van der Waals surface area contributed by atoms with Crippen LogP contribution >= 0.6 is 0 Å². The second kappa shape index (κ2) is 13.0. The minimum absolute atomic E-state index is 0.133. The highest BCUT2D eigenvalue weighted by Crippen LogP contribution is 2.55. The Morgan fingerprint density at radius 3 is 1.09 bits per heavy atom. The van der Waals surface area contributed by atoms with E-state index in [1.165, 1.54) is 143 Å². The minimum Gasteiger partial charge on any atom is -0.310 e. The summed E-state index contributed by atoms with van der Waals surface area (Å²) in [5.74, 6) is 0. The number of aryl methyl sites for hydroxylation is 2. The van der Waals surface area contributed by atoms with E-state index in [-0.39, 0.29) is 10.8 Å². The van der Waals surface area contributed by atoms with Crippen LogP contribution in [-0.4, -0.2) is 0 Å². The summed E-state index contributed by atoms with van der Waals surface area (Å²) in [4.78, 5) is 5.07. The number of para-hydroxylation sites is 2. The van der Waals surface area contributed by atoms with Gasteiger partial charge < -0.3 is 9.80 Å². The van der Waals surface area contributed by atoms with Gasteiger partial charge in [0.2, 0.25) is 0 Å². The van der Waals surface area contributed by atoms with Crippen LogP contribution in [0.1, 0.15) is 61.1 Å². The molecule has 12 aromatic rings. The number of hydrogen-bond acceptors (Lipinski definition) is 2. The van der Waals surface area contributed by atoms with Gasteiger partial charge in [0.1, 0.15) is 0 Å². The standard InChI is InChI=1S/C64H48N2/c1-37-13-7-9-19-53(37)65(45-33-43-23-21-39-15-11-17-49-59(39)61(43)51(35-45)63(49,3)4)55-31-27-41-26-30-48-56(32-28-42-25-29-47(55)57(41)58(42)48)66(54-20-10-8-14-38(54)2)46-34-44-24-22-40-16-12-18-50-60(40)62(44)52(36-46)64(50,5)6/h7-36H,1-6H3. The Kier molecular flexibility index (Phi) is 7.41. The van der Waals surface area contributed by atoms with E-state index in [0.717, 1.165) is 0 Å². The molecule has 66 heavy (non-hydrogen) atoms. The first-order valence-electron chi connectivity index (χ1n) is 23.5. The van der Waals surface area contributed by atoms with Gasteiger partial charge in [-0.1, -0.05) is 161 Å². The Bertz CT molecular complexity index is 3830. The smallest absolute Gasteiger partial charge is 0.0540 e. The van der Waals surface area contributed by atoms with E-state index in [1.807, 2.05) is 0 Å². The van der Waals surface area contributed by atoms with Crippen molar-refractivity contribution >= 4 is 110 Å². The third kappa shape index (κ3) is 4.86. The van der Waals surface area contributed by atoms with Crippen LogP contribution in [0.4, 0.5) is 34.1 Å². The highest BCUT2D eigenvalue weighted by atomic mass is 15.2. The lowest BCUT2D eigenvalue weighted by Gasteiger charge is -2.32. The number of nitrogens with zero attached hydrogens (tertiary/aromatic N) is 2. The van der Waals surface area contributed by atoms with Gasteiger partial charge in [-0.2, -0.15) is 0 Å². The predicted molar refractivity (Wildman–Crippen MR) is 283 cm³/mol. The fraction of sp³-hybridized carbons (Fsp3) is 0.125. The topological polar surface area (TPSA) is 6.48 Å². The van der Waals surface area contributed by atoms with Crippen molar-refractivity contribution in [1.29, 1.82) is 0 Å². The van der Waals surface area contributed by atoms with E-state index < -0.39 is 0 Å². The van der Waals surface area contributed by atoms with Gasteiger partial charge in [0.05, 0.1) is 11.4 Å². The lowest BCUT2D eigenvalue weighted by molar-refractivity contribution is 0.662. The van der Waals surface area contributed by atoms with Crippen molar-refractivity contribution in [2.75, 3.05) is 9.80 Å². The van der Waals surface area contributed by atoms with E-state index >= 15 is 0 Å². The van der Waals surface area contributed by atoms with E-state index in [4.69, 9.17) is 0 Å². The first-order valence-corrected chi connectivity index (χ1v) is 23.5. The Morgan fingerprint density at radius 1 is 0.288 bits per heavy atom. The summed E-state index contributed by atoms with van der Waals surface area (Å²) in [5.41, 5.74) is 14.9. The zero-order valence-electron chi connectivity index (χ0n) is 38.2. The molecule has 2 nitrogen and oxygen atoms in total. The Morgan fingerprint density at radius 2 is 0.652 bits per heavy atom. The molecule has 12 aromatic carbocycles. The lowest BCUT2D eigenvalue weighted by atomic mass is 9.81. The summed E-state index contributed by atoms with van der Waals surface area (Å²) in [5, 5.41) is 18.4. The quantitative estimate of drug-likeness (QED) is 0.154. The van der Waals surface area contributed by atoms with Crippen molar-refractivity contribution in [1.82, 2.24) is 0 Å². The largest absolute Gasteiger partial charge is 0.310 e. The van der Waals surface area contributed by atoms with Gasteiger partial charge in [-0.3, -0.25) is 0 Å². The first-order chi connectivity index (χ1) is 32.1. The molecule has 2 aliphatic carbocycles. The fourth-order valence-corrected chi connectivity index (χ4v) is 12.6. The molecule has 0 spiro atoms. The van der Waals surface area contributed by atoms with Crippen molar-refractivity contribution in [2.24, 2.45) is 0 Å². The van der Waals surface area contributed by atoms with Gasteiger partial charge in [0.15, 0.2) is 0 Å². The van der Waals surface area contributed by atoms with Crippen molar-refractivity contribution in [2.45, 2.75) is 52.4 Å². The molecule has 2 aliphatic rings. The van der Waals surface area contributed by atoms with E-state index in [2.05, 4.69) is 233 Å². The summed E-state index contributed by atoms with van der Waals surface area (Å²) in [6, 6.07) is 69.4. The Hall–Kier alpha value is -7.68. The summed E-state index contributed by atoms with van der Waals surface area (Å²) in [7, 11) is 0. The van der Waals surface area contributed by atoms with Crippen molar-refractivity contribution < 1.29 is 0 Å². The minimum atomic E-state index is -0.133. The average molecular weight is 845 g/mol.